The van der Waals surface area contributed by atoms with Crippen LogP contribution in [0.15, 0.2) is 24.3 Å². The first kappa shape index (κ1) is 26.9. The van der Waals surface area contributed by atoms with E-state index in [1.54, 1.807) is 6.07 Å². The van der Waals surface area contributed by atoms with E-state index in [2.05, 4.69) is 19.2 Å². The average molecular weight is 505 g/mol. The van der Waals surface area contributed by atoms with Gasteiger partial charge in [-0.15, -0.1) is 0 Å². The number of hydrogen-bond acceptors (Lipinski definition) is 5. The maximum atomic E-state index is 13.5. The lowest BCUT2D eigenvalue weighted by molar-refractivity contribution is -0.186. The number of aliphatic hydroxyl groups excluding tert-OH is 2. The number of carbonyl (C=O) groups is 2. The molecule has 1 aliphatic heterocycles. The molecule has 8 heteroatoms. The molecule has 2 amide bonds. The van der Waals surface area contributed by atoms with Crippen molar-refractivity contribution in [1.29, 1.82) is 0 Å². The first-order chi connectivity index (χ1) is 17.1. The Kier molecular flexibility index (Phi) is 7.95. The topological polar surface area (TPSA) is 99.1 Å². The Labute approximate surface area is 213 Å². The molecule has 3 aliphatic rings. The number of benzene rings is 1. The third kappa shape index (κ3) is 5.25. The maximum Gasteiger partial charge on any atom is 0.411 e. The molecule has 3 fully saturated rings. The predicted molar refractivity (Wildman–Crippen MR) is 135 cm³/mol. The highest BCUT2D eigenvalue weighted by molar-refractivity contribution is 5.84. The van der Waals surface area contributed by atoms with E-state index in [1.165, 1.54) is 18.2 Å². The molecular weight excluding hydrogens is 463 g/mol. The molecule has 1 heterocycles. The van der Waals surface area contributed by atoms with E-state index >= 15 is 0 Å². The summed E-state index contributed by atoms with van der Waals surface area (Å²) in [5, 5.41) is 24.2. The van der Waals surface area contributed by atoms with Crippen LogP contribution in [0.4, 0.5) is 14.9 Å². The number of nitrogens with one attached hydrogen (secondary N) is 1. The Morgan fingerprint density at radius 1 is 1.17 bits per heavy atom. The van der Waals surface area contributed by atoms with E-state index < -0.39 is 29.5 Å². The fraction of sp³-hybridized carbons (Fsp3) is 0.714. The Balaban J connectivity index is 1.48. The Hall–Kier alpha value is -2.19. The summed E-state index contributed by atoms with van der Waals surface area (Å²) in [4.78, 5) is 27.8. The standard InChI is InChI=1S/C28H41FN2O5/c1-18-10-13-31(14-11-18)25(34)16-21-22(33)7-8-23-27(21,2)12-9-24(28(23,3)17-32)36-26(35)30-20-6-4-5-19(29)15-20/h4-6,15,18,21-24,32-33H,7-14,16-17H2,1-3H3,(H,30,35). The van der Waals surface area contributed by atoms with Crippen LogP contribution in [0.2, 0.25) is 0 Å². The molecule has 0 bridgehead atoms. The zero-order valence-corrected chi connectivity index (χ0v) is 21.7. The lowest BCUT2D eigenvalue weighted by Gasteiger charge is -2.60. The van der Waals surface area contributed by atoms with E-state index in [0.717, 1.165) is 25.9 Å². The van der Waals surface area contributed by atoms with Crippen molar-refractivity contribution < 1.29 is 28.9 Å². The molecule has 0 radical (unpaired) electrons. The highest BCUT2D eigenvalue weighted by atomic mass is 19.1. The van der Waals surface area contributed by atoms with Crippen molar-refractivity contribution in [3.8, 4) is 0 Å². The van der Waals surface area contributed by atoms with Crippen molar-refractivity contribution in [1.82, 2.24) is 4.90 Å². The van der Waals surface area contributed by atoms with Gasteiger partial charge in [-0.05, 0) is 79.9 Å². The van der Waals surface area contributed by atoms with Gasteiger partial charge in [0.1, 0.15) is 11.9 Å². The number of amides is 2. The van der Waals surface area contributed by atoms with Crippen molar-refractivity contribution in [2.75, 3.05) is 25.0 Å². The van der Waals surface area contributed by atoms with Gasteiger partial charge >= 0.3 is 6.09 Å². The third-order valence-electron chi connectivity index (χ3n) is 9.53. The Morgan fingerprint density at radius 2 is 1.89 bits per heavy atom. The van der Waals surface area contributed by atoms with Crippen LogP contribution in [-0.4, -0.2) is 59.0 Å². The third-order valence-corrected chi connectivity index (χ3v) is 9.53. The molecule has 1 aromatic carbocycles. The number of aliphatic hydroxyl groups is 2. The second kappa shape index (κ2) is 10.7. The van der Waals surface area contributed by atoms with Gasteiger partial charge in [0, 0.05) is 30.6 Å². The number of nitrogens with zero attached hydrogens (tertiary/aromatic N) is 1. The Morgan fingerprint density at radius 3 is 2.56 bits per heavy atom. The van der Waals surface area contributed by atoms with Crippen molar-refractivity contribution in [2.24, 2.45) is 28.6 Å². The molecule has 4 rings (SSSR count). The first-order valence-corrected chi connectivity index (χ1v) is 13.4. The number of hydrogen-bond donors (Lipinski definition) is 3. The van der Waals surface area contributed by atoms with E-state index in [0.29, 0.717) is 43.7 Å². The summed E-state index contributed by atoms with van der Waals surface area (Å²) < 4.78 is 19.3. The van der Waals surface area contributed by atoms with Gasteiger partial charge in [0.15, 0.2) is 0 Å². The number of piperidine rings is 1. The van der Waals surface area contributed by atoms with Crippen LogP contribution in [0.5, 0.6) is 0 Å². The zero-order chi connectivity index (χ0) is 26.1. The molecule has 2 aliphatic carbocycles. The predicted octanol–water partition coefficient (Wildman–Crippen LogP) is 4.58. The Bertz CT molecular complexity index is 952. The number of likely N-dealkylation sites (tertiary alicyclic amines) is 1. The minimum atomic E-state index is -0.728. The lowest BCUT2D eigenvalue weighted by atomic mass is 9.46. The number of fused-ring (bicyclic) bond motifs is 1. The largest absolute Gasteiger partial charge is 0.445 e. The SMILES string of the molecule is CC1CCN(C(=O)CC2C(O)CCC3C(C)(CO)C(OC(=O)Nc4cccc(F)c4)CCC23C)CC1. The highest BCUT2D eigenvalue weighted by Gasteiger charge is 2.60. The summed E-state index contributed by atoms with van der Waals surface area (Å²) >= 11 is 0. The first-order valence-electron chi connectivity index (χ1n) is 13.4. The fourth-order valence-electron chi connectivity index (χ4n) is 7.20. The molecule has 7 nitrogen and oxygen atoms in total. The van der Waals surface area contributed by atoms with Crippen molar-refractivity contribution >= 4 is 17.7 Å². The van der Waals surface area contributed by atoms with Gasteiger partial charge in [0.25, 0.3) is 0 Å². The molecular formula is C28H41FN2O5. The zero-order valence-electron chi connectivity index (χ0n) is 21.7. The van der Waals surface area contributed by atoms with Gasteiger partial charge in [-0.25, -0.2) is 9.18 Å². The second-order valence-electron chi connectivity index (χ2n) is 11.8. The number of carbonyl (C=O) groups excluding carboxylic acids is 2. The van der Waals surface area contributed by atoms with Crippen LogP contribution in [0.25, 0.3) is 0 Å². The van der Waals surface area contributed by atoms with Crippen LogP contribution in [0, 0.1) is 34.4 Å². The van der Waals surface area contributed by atoms with Crippen LogP contribution >= 0.6 is 0 Å². The summed E-state index contributed by atoms with van der Waals surface area (Å²) in [6.07, 6.45) is 2.96. The number of halogens is 1. The number of anilines is 1. The average Bonchev–Trinajstić information content (AvgIpc) is 2.83. The quantitative estimate of drug-likeness (QED) is 0.545. The van der Waals surface area contributed by atoms with Crippen molar-refractivity contribution in [3.05, 3.63) is 30.1 Å². The highest BCUT2D eigenvalue weighted by Crippen LogP contribution is 2.61. The summed E-state index contributed by atoms with van der Waals surface area (Å²) in [5.41, 5.74) is -0.793. The van der Waals surface area contributed by atoms with E-state index in [-0.39, 0.29) is 29.8 Å². The minimum Gasteiger partial charge on any atom is -0.445 e. The van der Waals surface area contributed by atoms with Crippen LogP contribution in [-0.2, 0) is 9.53 Å². The van der Waals surface area contributed by atoms with Gasteiger partial charge in [0.05, 0.1) is 12.7 Å². The molecule has 6 atom stereocenters. The summed E-state index contributed by atoms with van der Waals surface area (Å²) in [6, 6.07) is 5.61. The molecule has 2 saturated carbocycles. The van der Waals surface area contributed by atoms with Gasteiger partial charge in [-0.1, -0.05) is 26.8 Å². The van der Waals surface area contributed by atoms with Gasteiger partial charge in [0.2, 0.25) is 5.91 Å². The molecule has 6 unspecified atom stereocenters. The number of ether oxygens (including phenoxy) is 1. The van der Waals surface area contributed by atoms with Crippen molar-refractivity contribution in [2.45, 2.75) is 77.9 Å². The lowest BCUT2D eigenvalue weighted by Crippen LogP contribution is -2.61. The summed E-state index contributed by atoms with van der Waals surface area (Å²) in [5.74, 6) is 0.0393. The number of rotatable bonds is 5. The van der Waals surface area contributed by atoms with E-state index in [4.69, 9.17) is 4.74 Å². The van der Waals surface area contributed by atoms with Crippen molar-refractivity contribution in [3.63, 3.8) is 0 Å². The molecule has 0 aromatic heterocycles. The van der Waals surface area contributed by atoms with Gasteiger partial charge < -0.3 is 19.8 Å². The normalized spacial score (nSPS) is 35.1. The summed E-state index contributed by atoms with van der Waals surface area (Å²) in [6.45, 7) is 7.66. The molecule has 0 spiro atoms. The minimum absolute atomic E-state index is 0.0294. The fourth-order valence-corrected chi connectivity index (χ4v) is 7.20. The molecule has 1 saturated heterocycles. The van der Waals surface area contributed by atoms with Crippen LogP contribution < -0.4 is 5.32 Å². The molecule has 1 aromatic rings. The smallest absolute Gasteiger partial charge is 0.411 e. The molecule has 36 heavy (non-hydrogen) atoms. The van der Waals surface area contributed by atoms with Gasteiger partial charge in [-0.2, -0.15) is 0 Å². The monoisotopic (exact) mass is 504 g/mol. The van der Waals surface area contributed by atoms with Gasteiger partial charge in [-0.3, -0.25) is 10.1 Å². The van der Waals surface area contributed by atoms with E-state index in [1.807, 2.05) is 11.8 Å². The van der Waals surface area contributed by atoms with E-state index in [9.17, 15) is 24.2 Å². The van der Waals surface area contributed by atoms with Crippen LogP contribution in [0.3, 0.4) is 0 Å². The molecule has 200 valence electrons. The van der Waals surface area contributed by atoms with Crippen LogP contribution in [0.1, 0.15) is 65.7 Å². The second-order valence-corrected chi connectivity index (χ2v) is 11.8. The summed E-state index contributed by atoms with van der Waals surface area (Å²) in [7, 11) is 0. The maximum absolute atomic E-state index is 13.5. The molecule has 3 N–H and O–H groups in total.